The van der Waals surface area contributed by atoms with Gasteiger partial charge in [0.25, 0.3) is 0 Å². The molecule has 2 fully saturated rings. The van der Waals surface area contributed by atoms with E-state index < -0.39 is 10.0 Å². The fourth-order valence-corrected chi connectivity index (χ4v) is 6.44. The van der Waals surface area contributed by atoms with E-state index in [1.807, 2.05) is 0 Å². The maximum Gasteiger partial charge on any atom is 0.243 e. The first kappa shape index (κ1) is 22.8. The van der Waals surface area contributed by atoms with Crippen molar-refractivity contribution in [1.82, 2.24) is 9.62 Å². The van der Waals surface area contributed by atoms with Gasteiger partial charge in [-0.2, -0.15) is 4.31 Å². The zero-order valence-electron chi connectivity index (χ0n) is 17.1. The first-order valence-electron chi connectivity index (χ1n) is 11.0. The van der Waals surface area contributed by atoms with Gasteiger partial charge in [0.2, 0.25) is 15.9 Å². The molecule has 0 spiro atoms. The maximum atomic E-state index is 13.4. The van der Waals surface area contributed by atoms with E-state index in [4.69, 9.17) is 0 Å². The molecule has 0 bridgehead atoms. The van der Waals surface area contributed by atoms with Crippen LogP contribution in [-0.4, -0.2) is 37.3 Å². The summed E-state index contributed by atoms with van der Waals surface area (Å²) in [4.78, 5) is 13.1. The highest BCUT2D eigenvalue weighted by Crippen LogP contribution is 2.28. The standard InChI is InChI=1S/C22H33BrN2O3S/c23-18-13-15-21(16-14-18)29(27,28)25(20-11-7-4-8-12-20)17-22(26)24-19-9-5-2-1-3-6-10-19/h13-16,19-20H,1-12,17H2,(H,24,26). The van der Waals surface area contributed by atoms with E-state index in [2.05, 4.69) is 21.2 Å². The molecule has 0 unspecified atom stereocenters. The highest BCUT2D eigenvalue weighted by Gasteiger charge is 2.34. The van der Waals surface area contributed by atoms with Crippen molar-refractivity contribution in [3.05, 3.63) is 28.7 Å². The van der Waals surface area contributed by atoms with Crippen molar-refractivity contribution in [3.8, 4) is 0 Å². The number of amides is 1. The molecule has 0 heterocycles. The van der Waals surface area contributed by atoms with Crippen LogP contribution in [0.4, 0.5) is 0 Å². The fourth-order valence-electron chi connectivity index (χ4n) is 4.54. The van der Waals surface area contributed by atoms with Crippen molar-refractivity contribution in [2.24, 2.45) is 0 Å². The van der Waals surface area contributed by atoms with Gasteiger partial charge in [-0.05, 0) is 49.9 Å². The number of hydrogen-bond donors (Lipinski definition) is 1. The lowest BCUT2D eigenvalue weighted by molar-refractivity contribution is -0.122. The predicted molar refractivity (Wildman–Crippen MR) is 119 cm³/mol. The minimum Gasteiger partial charge on any atom is -0.352 e. The molecule has 1 amide bonds. The highest BCUT2D eigenvalue weighted by atomic mass is 79.9. The van der Waals surface area contributed by atoms with Gasteiger partial charge in [-0.15, -0.1) is 0 Å². The zero-order valence-corrected chi connectivity index (χ0v) is 19.5. The summed E-state index contributed by atoms with van der Waals surface area (Å²) in [5.41, 5.74) is 0. The number of carbonyl (C=O) groups is 1. The van der Waals surface area contributed by atoms with Crippen molar-refractivity contribution >= 4 is 31.9 Å². The third-order valence-electron chi connectivity index (χ3n) is 6.17. The molecular weight excluding hydrogens is 452 g/mol. The molecule has 0 radical (unpaired) electrons. The van der Waals surface area contributed by atoms with Crippen LogP contribution in [0.1, 0.15) is 77.0 Å². The van der Waals surface area contributed by atoms with Gasteiger partial charge in [0, 0.05) is 16.6 Å². The van der Waals surface area contributed by atoms with Crippen molar-refractivity contribution in [3.63, 3.8) is 0 Å². The lowest BCUT2D eigenvalue weighted by Crippen LogP contribution is -2.48. The zero-order chi connectivity index (χ0) is 20.7. The Hall–Kier alpha value is -0.920. The second kappa shape index (κ2) is 10.9. The monoisotopic (exact) mass is 484 g/mol. The Morgan fingerprint density at radius 2 is 1.41 bits per heavy atom. The first-order valence-corrected chi connectivity index (χ1v) is 13.3. The first-order chi connectivity index (χ1) is 14.0. The number of sulfonamides is 1. The van der Waals surface area contributed by atoms with Gasteiger partial charge in [-0.3, -0.25) is 4.79 Å². The van der Waals surface area contributed by atoms with E-state index in [9.17, 15) is 13.2 Å². The van der Waals surface area contributed by atoms with E-state index in [0.717, 1.165) is 62.3 Å². The second-order valence-electron chi connectivity index (χ2n) is 8.41. The van der Waals surface area contributed by atoms with Gasteiger partial charge in [0.15, 0.2) is 0 Å². The summed E-state index contributed by atoms with van der Waals surface area (Å²) in [6.45, 7) is -0.0838. The summed E-state index contributed by atoms with van der Waals surface area (Å²) in [7, 11) is -3.71. The summed E-state index contributed by atoms with van der Waals surface area (Å²) in [6.07, 6.45) is 12.8. The Morgan fingerprint density at radius 3 is 2.03 bits per heavy atom. The van der Waals surface area contributed by atoms with E-state index in [0.29, 0.717) is 0 Å². The number of hydrogen-bond acceptors (Lipinski definition) is 3. The average molecular weight is 485 g/mol. The molecule has 2 aliphatic carbocycles. The van der Waals surface area contributed by atoms with Gasteiger partial charge in [-0.25, -0.2) is 8.42 Å². The van der Waals surface area contributed by atoms with E-state index in [1.54, 1.807) is 24.3 Å². The molecule has 0 saturated heterocycles. The minimum absolute atomic E-state index is 0.0838. The molecule has 0 atom stereocenters. The molecule has 162 valence electrons. The Morgan fingerprint density at radius 1 is 0.897 bits per heavy atom. The number of carbonyl (C=O) groups excluding carboxylic acids is 1. The van der Waals surface area contributed by atoms with Gasteiger partial charge in [0.05, 0.1) is 11.4 Å². The molecule has 1 N–H and O–H groups in total. The molecule has 29 heavy (non-hydrogen) atoms. The Kier molecular flexibility index (Phi) is 8.57. The molecule has 2 aliphatic rings. The number of nitrogens with zero attached hydrogens (tertiary/aromatic N) is 1. The largest absolute Gasteiger partial charge is 0.352 e. The summed E-state index contributed by atoms with van der Waals surface area (Å²) in [5, 5.41) is 3.14. The van der Waals surface area contributed by atoms with Crippen LogP contribution in [0, 0.1) is 0 Å². The Balaban J connectivity index is 1.74. The number of halogens is 1. The molecule has 2 saturated carbocycles. The van der Waals surface area contributed by atoms with E-state index in [-0.39, 0.29) is 29.4 Å². The van der Waals surface area contributed by atoms with Crippen LogP contribution in [0.2, 0.25) is 0 Å². The van der Waals surface area contributed by atoms with E-state index in [1.165, 1.54) is 23.6 Å². The predicted octanol–water partition coefficient (Wildman–Crippen LogP) is 5.00. The number of nitrogens with one attached hydrogen (secondary N) is 1. The summed E-state index contributed by atoms with van der Waals surface area (Å²) in [6, 6.07) is 6.78. The Labute approximate surface area is 183 Å². The van der Waals surface area contributed by atoms with Crippen molar-refractivity contribution in [2.75, 3.05) is 6.54 Å². The van der Waals surface area contributed by atoms with Crippen LogP contribution in [0.5, 0.6) is 0 Å². The molecule has 5 nitrogen and oxygen atoms in total. The second-order valence-corrected chi connectivity index (χ2v) is 11.2. The van der Waals surface area contributed by atoms with Gasteiger partial charge in [0.1, 0.15) is 0 Å². The van der Waals surface area contributed by atoms with Crippen LogP contribution in [0.25, 0.3) is 0 Å². The SMILES string of the molecule is O=C(CN(C1CCCCC1)S(=O)(=O)c1ccc(Br)cc1)NC1CCCCCCC1. The normalized spacial score (nSPS) is 20.2. The average Bonchev–Trinajstić information content (AvgIpc) is 2.69. The van der Waals surface area contributed by atoms with E-state index >= 15 is 0 Å². The smallest absolute Gasteiger partial charge is 0.243 e. The van der Waals surface area contributed by atoms with Gasteiger partial charge >= 0.3 is 0 Å². The van der Waals surface area contributed by atoms with Gasteiger partial charge < -0.3 is 5.32 Å². The Bertz CT molecular complexity index is 753. The highest BCUT2D eigenvalue weighted by molar-refractivity contribution is 9.10. The number of benzene rings is 1. The summed E-state index contributed by atoms with van der Waals surface area (Å²) >= 11 is 3.36. The van der Waals surface area contributed by atoms with Crippen LogP contribution in [0.15, 0.2) is 33.6 Å². The van der Waals surface area contributed by atoms with Crippen molar-refractivity contribution in [1.29, 1.82) is 0 Å². The quantitative estimate of drug-likeness (QED) is 0.617. The molecule has 7 heteroatoms. The number of rotatable bonds is 6. The van der Waals surface area contributed by atoms with Crippen molar-refractivity contribution in [2.45, 2.75) is 94.0 Å². The van der Waals surface area contributed by atoms with Crippen molar-refractivity contribution < 1.29 is 13.2 Å². The third kappa shape index (κ3) is 6.53. The third-order valence-corrected chi connectivity index (χ3v) is 8.61. The maximum absolute atomic E-state index is 13.4. The van der Waals surface area contributed by atoms with Crippen LogP contribution in [-0.2, 0) is 14.8 Å². The molecule has 1 aromatic carbocycles. The lowest BCUT2D eigenvalue weighted by Gasteiger charge is -2.33. The van der Waals surface area contributed by atoms with Crippen LogP contribution in [0.3, 0.4) is 0 Å². The van der Waals surface area contributed by atoms with Crippen LogP contribution < -0.4 is 5.32 Å². The van der Waals surface area contributed by atoms with Crippen LogP contribution >= 0.6 is 15.9 Å². The molecule has 3 rings (SSSR count). The molecular formula is C22H33BrN2O3S. The minimum atomic E-state index is -3.71. The fraction of sp³-hybridized carbons (Fsp3) is 0.682. The summed E-state index contributed by atoms with van der Waals surface area (Å²) < 4.78 is 29.1. The molecule has 1 aromatic rings. The summed E-state index contributed by atoms with van der Waals surface area (Å²) in [5.74, 6) is -0.165. The molecule has 0 aliphatic heterocycles. The van der Waals surface area contributed by atoms with Gasteiger partial charge in [-0.1, -0.05) is 67.3 Å². The molecule has 0 aromatic heterocycles. The topological polar surface area (TPSA) is 66.5 Å². The lowest BCUT2D eigenvalue weighted by atomic mass is 9.95.